The van der Waals surface area contributed by atoms with Gasteiger partial charge in [-0.25, -0.2) is 0 Å². The fraction of sp³-hybridized carbons (Fsp3) is 0.163. The molecular formula is C49H40N2. The monoisotopic (exact) mass is 656 g/mol. The number of hydrogen-bond acceptors (Lipinski definition) is 1. The molecule has 0 saturated carbocycles. The van der Waals surface area contributed by atoms with E-state index in [-0.39, 0.29) is 5.92 Å². The Morgan fingerprint density at radius 3 is 1.92 bits per heavy atom. The highest BCUT2D eigenvalue weighted by atomic mass is 15.0. The molecule has 3 unspecified atom stereocenters. The summed E-state index contributed by atoms with van der Waals surface area (Å²) < 4.78 is 2.36. The smallest absolute Gasteiger partial charge is 0.0724 e. The number of pyridine rings is 1. The minimum absolute atomic E-state index is 0.169. The van der Waals surface area contributed by atoms with Crippen molar-refractivity contribution in [2.45, 2.75) is 51.4 Å². The molecule has 2 heterocycles. The number of nitrogens with zero attached hydrogens (tertiary/aromatic N) is 2. The standard InChI is InChI=1S/C49H40N2/c1-30-31(2)36-18-8-11-22-41(36)48-32(3)43(37-19-9-7-17-35(30)37)27-33-25-26-39(38-20-10-12-23-42(38)49(33)48)45-28-44-40-21-13-14-24-46(40)51(47(44)29-50-45)34-15-5-4-6-16-34/h4-24,27-31,39H,25-26H2,1-3H3. The van der Waals surface area contributed by atoms with Crippen molar-refractivity contribution in [3.05, 3.63) is 179 Å². The van der Waals surface area contributed by atoms with E-state index >= 15 is 0 Å². The first-order chi connectivity index (χ1) is 25.1. The number of aromatic nitrogens is 2. The van der Waals surface area contributed by atoms with Gasteiger partial charge in [0.15, 0.2) is 0 Å². The van der Waals surface area contributed by atoms with E-state index in [1.165, 1.54) is 77.5 Å². The Morgan fingerprint density at radius 1 is 0.549 bits per heavy atom. The van der Waals surface area contributed by atoms with Gasteiger partial charge in [0.1, 0.15) is 0 Å². The van der Waals surface area contributed by atoms with Crippen LogP contribution in [0.4, 0.5) is 0 Å². The van der Waals surface area contributed by atoms with E-state index in [2.05, 4.69) is 171 Å². The van der Waals surface area contributed by atoms with Crippen LogP contribution in [0.2, 0.25) is 0 Å². The van der Waals surface area contributed by atoms with Crippen LogP contribution in [0.1, 0.15) is 71.5 Å². The zero-order valence-corrected chi connectivity index (χ0v) is 29.4. The molecular weight excluding hydrogens is 617 g/mol. The lowest BCUT2D eigenvalue weighted by atomic mass is 9.79. The fourth-order valence-electron chi connectivity index (χ4n) is 9.48. The van der Waals surface area contributed by atoms with Gasteiger partial charge in [-0.1, -0.05) is 129 Å². The number of aryl methyl sites for hydroxylation is 1. The van der Waals surface area contributed by atoms with Crippen molar-refractivity contribution >= 4 is 21.8 Å². The van der Waals surface area contributed by atoms with Gasteiger partial charge >= 0.3 is 0 Å². The number of rotatable bonds is 2. The van der Waals surface area contributed by atoms with Crippen molar-refractivity contribution in [3.8, 4) is 39.1 Å². The first-order valence-corrected chi connectivity index (χ1v) is 18.5. The molecule has 6 aromatic carbocycles. The highest BCUT2D eigenvalue weighted by Gasteiger charge is 2.32. The molecule has 0 N–H and O–H groups in total. The van der Waals surface area contributed by atoms with Gasteiger partial charge in [-0.3, -0.25) is 4.98 Å². The first-order valence-electron chi connectivity index (χ1n) is 18.5. The van der Waals surface area contributed by atoms with Gasteiger partial charge in [0.2, 0.25) is 0 Å². The number of para-hydroxylation sites is 2. The molecule has 0 aliphatic heterocycles. The number of benzene rings is 6. The summed E-state index contributed by atoms with van der Waals surface area (Å²) in [7, 11) is 0. The summed E-state index contributed by atoms with van der Waals surface area (Å²) >= 11 is 0. The van der Waals surface area contributed by atoms with Gasteiger partial charge in [0, 0.05) is 28.1 Å². The summed E-state index contributed by atoms with van der Waals surface area (Å²) in [5.41, 5.74) is 20.0. The summed E-state index contributed by atoms with van der Waals surface area (Å²) in [5, 5.41) is 2.52. The Kier molecular flexibility index (Phi) is 6.89. The van der Waals surface area contributed by atoms with Crippen LogP contribution in [0.3, 0.4) is 0 Å². The molecule has 0 radical (unpaired) electrons. The van der Waals surface area contributed by atoms with Crippen LogP contribution in [0, 0.1) is 6.92 Å². The molecule has 2 aliphatic carbocycles. The minimum atomic E-state index is 0.169. The minimum Gasteiger partial charge on any atom is -0.308 e. The molecule has 8 aromatic rings. The molecule has 2 nitrogen and oxygen atoms in total. The second-order valence-corrected chi connectivity index (χ2v) is 14.7. The lowest BCUT2D eigenvalue weighted by molar-refractivity contribution is 0.626. The maximum Gasteiger partial charge on any atom is 0.0724 e. The van der Waals surface area contributed by atoms with Crippen LogP contribution < -0.4 is 0 Å². The zero-order chi connectivity index (χ0) is 34.2. The Balaban J connectivity index is 1.21. The van der Waals surface area contributed by atoms with Crippen molar-refractivity contribution in [2.24, 2.45) is 0 Å². The highest BCUT2D eigenvalue weighted by molar-refractivity contribution is 6.09. The number of fused-ring (bicyclic) bond motifs is 13. The van der Waals surface area contributed by atoms with Crippen molar-refractivity contribution in [3.63, 3.8) is 0 Å². The summed E-state index contributed by atoms with van der Waals surface area (Å²) in [5.74, 6) is 0.929. The van der Waals surface area contributed by atoms with Crippen molar-refractivity contribution < 1.29 is 0 Å². The van der Waals surface area contributed by atoms with E-state index < -0.39 is 0 Å². The van der Waals surface area contributed by atoms with Crippen molar-refractivity contribution in [1.29, 1.82) is 0 Å². The summed E-state index contributed by atoms with van der Waals surface area (Å²) in [6.07, 6.45) is 4.10. The quantitative estimate of drug-likeness (QED) is 0.181. The predicted molar refractivity (Wildman–Crippen MR) is 213 cm³/mol. The van der Waals surface area contributed by atoms with Crippen molar-refractivity contribution in [2.75, 3.05) is 0 Å². The molecule has 3 atom stereocenters. The first kappa shape index (κ1) is 30.1. The van der Waals surface area contributed by atoms with E-state index in [9.17, 15) is 0 Å². The van der Waals surface area contributed by atoms with E-state index in [0.29, 0.717) is 11.8 Å². The van der Waals surface area contributed by atoms with Gasteiger partial charge in [0.05, 0.1) is 17.2 Å². The topological polar surface area (TPSA) is 17.8 Å². The van der Waals surface area contributed by atoms with Crippen molar-refractivity contribution in [1.82, 2.24) is 9.55 Å². The maximum atomic E-state index is 5.31. The third-order valence-corrected chi connectivity index (χ3v) is 12.1. The van der Waals surface area contributed by atoms with Gasteiger partial charge < -0.3 is 4.57 Å². The van der Waals surface area contributed by atoms with Crippen LogP contribution in [-0.2, 0) is 6.42 Å². The third-order valence-electron chi connectivity index (χ3n) is 12.1. The molecule has 51 heavy (non-hydrogen) atoms. The van der Waals surface area contributed by atoms with Crippen LogP contribution in [0.5, 0.6) is 0 Å². The highest BCUT2D eigenvalue weighted by Crippen LogP contribution is 2.52. The molecule has 0 spiro atoms. The van der Waals surface area contributed by atoms with Gasteiger partial charge in [-0.15, -0.1) is 0 Å². The summed E-state index contributed by atoms with van der Waals surface area (Å²) in [6, 6.07) is 51.9. The molecule has 2 bridgehead atoms. The largest absolute Gasteiger partial charge is 0.308 e. The second-order valence-electron chi connectivity index (χ2n) is 14.7. The molecule has 2 aromatic heterocycles. The van der Waals surface area contributed by atoms with Gasteiger partial charge in [-0.05, 0) is 117 Å². The maximum absolute atomic E-state index is 5.31. The Hall–Kier alpha value is -5.73. The molecule has 246 valence electrons. The fourth-order valence-corrected chi connectivity index (χ4v) is 9.48. The third kappa shape index (κ3) is 4.52. The Bertz CT molecular complexity index is 2640. The van der Waals surface area contributed by atoms with E-state index in [0.717, 1.165) is 29.7 Å². The Morgan fingerprint density at radius 2 is 1.16 bits per heavy atom. The van der Waals surface area contributed by atoms with E-state index in [4.69, 9.17) is 4.98 Å². The summed E-state index contributed by atoms with van der Waals surface area (Å²) in [6.45, 7) is 7.19. The molecule has 0 amide bonds. The van der Waals surface area contributed by atoms with Crippen LogP contribution in [0.15, 0.2) is 146 Å². The molecule has 2 heteroatoms. The van der Waals surface area contributed by atoms with Gasteiger partial charge in [-0.2, -0.15) is 0 Å². The average molecular weight is 657 g/mol. The lowest BCUT2D eigenvalue weighted by Gasteiger charge is -2.25. The number of hydrogen-bond donors (Lipinski definition) is 0. The normalized spacial score (nSPS) is 17.7. The van der Waals surface area contributed by atoms with E-state index in [1.54, 1.807) is 0 Å². The average Bonchev–Trinajstić information content (AvgIpc) is 3.42. The van der Waals surface area contributed by atoms with Crippen LogP contribution in [0.25, 0.3) is 60.9 Å². The predicted octanol–water partition coefficient (Wildman–Crippen LogP) is 12.8. The SMILES string of the molecule is Cc1c2cc3c(c1-c1ccccc1C(C)C(C)c1ccccc1-2)-c1ccccc1C(c1cc2c4ccccc4n(-c4ccccc4)c2cn1)CC3. The molecule has 0 fully saturated rings. The van der Waals surface area contributed by atoms with E-state index in [1.807, 2.05) is 0 Å². The van der Waals surface area contributed by atoms with Gasteiger partial charge in [0.25, 0.3) is 0 Å². The molecule has 10 rings (SSSR count). The lowest BCUT2D eigenvalue weighted by Crippen LogP contribution is -2.07. The molecule has 0 saturated heterocycles. The Labute approximate surface area is 300 Å². The van der Waals surface area contributed by atoms with Crippen LogP contribution in [-0.4, -0.2) is 9.55 Å². The molecule has 2 aliphatic rings. The summed E-state index contributed by atoms with van der Waals surface area (Å²) in [4.78, 5) is 5.31. The van der Waals surface area contributed by atoms with Crippen LogP contribution >= 0.6 is 0 Å². The zero-order valence-electron chi connectivity index (χ0n) is 29.4. The second kappa shape index (κ2) is 11.7.